The summed E-state index contributed by atoms with van der Waals surface area (Å²) in [7, 11) is 0. The van der Waals surface area contributed by atoms with Crippen molar-refractivity contribution in [2.75, 3.05) is 0 Å². The number of aliphatic hydroxyl groups is 1. The number of carbonyl (C=O) groups excluding carboxylic acids is 1. The Morgan fingerprint density at radius 2 is 1.86 bits per heavy atom. The molecule has 0 unspecified atom stereocenters. The lowest BCUT2D eigenvalue weighted by Gasteiger charge is -2.40. The average molecular weight is 304 g/mol. The van der Waals surface area contributed by atoms with Crippen LogP contribution in [0.5, 0.6) is 0 Å². The molecule has 0 heterocycles. The molecule has 124 valence electrons. The fourth-order valence-corrected chi connectivity index (χ4v) is 4.40. The number of carbonyl (C=O) groups is 1. The van der Waals surface area contributed by atoms with Crippen molar-refractivity contribution < 1.29 is 9.90 Å². The average Bonchev–Trinajstić information content (AvgIpc) is 2.69. The molecule has 0 aromatic rings. The Morgan fingerprint density at radius 1 is 1.18 bits per heavy atom. The van der Waals surface area contributed by atoms with Crippen molar-refractivity contribution in [3.63, 3.8) is 0 Å². The van der Waals surface area contributed by atoms with Gasteiger partial charge in [-0.15, -0.1) is 0 Å². The molecule has 1 saturated carbocycles. The van der Waals surface area contributed by atoms with E-state index in [1.807, 2.05) is 6.08 Å². The van der Waals surface area contributed by atoms with Crippen LogP contribution in [0.2, 0.25) is 0 Å². The lowest BCUT2D eigenvalue weighted by Crippen LogP contribution is -2.45. The van der Waals surface area contributed by atoms with E-state index in [1.54, 1.807) is 0 Å². The van der Waals surface area contributed by atoms with Gasteiger partial charge >= 0.3 is 0 Å². The van der Waals surface area contributed by atoms with Crippen LogP contribution in [0.3, 0.4) is 0 Å². The largest absolute Gasteiger partial charge is 0.389 e. The van der Waals surface area contributed by atoms with Gasteiger partial charge in [-0.05, 0) is 64.4 Å². The van der Waals surface area contributed by atoms with E-state index in [4.69, 9.17) is 0 Å². The third-order valence-electron chi connectivity index (χ3n) is 6.22. The molecular weight excluding hydrogens is 272 g/mol. The van der Waals surface area contributed by atoms with E-state index in [0.29, 0.717) is 0 Å². The molecule has 0 aromatic heterocycles. The number of allylic oxidation sites excluding steroid dienone is 4. The molecule has 0 bridgehead atoms. The summed E-state index contributed by atoms with van der Waals surface area (Å²) in [6, 6.07) is 0. The number of hydrogen-bond donors (Lipinski definition) is 1. The van der Waals surface area contributed by atoms with Gasteiger partial charge in [0.1, 0.15) is 0 Å². The zero-order valence-corrected chi connectivity index (χ0v) is 14.9. The second-order valence-corrected chi connectivity index (χ2v) is 8.10. The van der Waals surface area contributed by atoms with Crippen LogP contribution >= 0.6 is 0 Å². The van der Waals surface area contributed by atoms with E-state index in [1.165, 1.54) is 5.57 Å². The minimum absolute atomic E-state index is 0.0537. The zero-order valence-electron chi connectivity index (χ0n) is 14.9. The molecule has 0 aliphatic heterocycles. The molecule has 1 fully saturated rings. The summed E-state index contributed by atoms with van der Waals surface area (Å²) >= 11 is 0. The quantitative estimate of drug-likeness (QED) is 0.705. The van der Waals surface area contributed by atoms with Crippen LogP contribution in [0.25, 0.3) is 0 Å². The van der Waals surface area contributed by atoms with E-state index in [9.17, 15) is 9.90 Å². The van der Waals surface area contributed by atoms with Gasteiger partial charge in [0.15, 0.2) is 5.78 Å². The Labute approximate surface area is 135 Å². The van der Waals surface area contributed by atoms with Gasteiger partial charge in [0.2, 0.25) is 0 Å². The SMILES string of the molecule is C/C1=C/C(=O)[C@]2(C)CC[C@](O)(C(C)C)[C@H]2CC/C(C)=C/CC1. The fraction of sp³-hybridized carbons (Fsp3) is 0.750. The number of ketones is 1. The molecule has 2 rings (SSSR count). The van der Waals surface area contributed by atoms with Gasteiger partial charge in [-0.2, -0.15) is 0 Å². The predicted octanol–water partition coefficient (Wildman–Crippen LogP) is 4.83. The molecule has 3 atom stereocenters. The van der Waals surface area contributed by atoms with Gasteiger partial charge in [-0.1, -0.05) is 38.0 Å². The molecule has 0 spiro atoms. The summed E-state index contributed by atoms with van der Waals surface area (Å²) in [5.41, 5.74) is 1.43. The highest BCUT2D eigenvalue weighted by molar-refractivity contribution is 5.95. The molecule has 0 aromatic carbocycles. The Balaban J connectivity index is 2.43. The molecule has 2 nitrogen and oxygen atoms in total. The molecule has 1 N–H and O–H groups in total. The molecule has 0 amide bonds. The second kappa shape index (κ2) is 6.31. The highest BCUT2D eigenvalue weighted by Crippen LogP contribution is 2.55. The maximum absolute atomic E-state index is 12.9. The minimum Gasteiger partial charge on any atom is -0.389 e. The first-order valence-electron chi connectivity index (χ1n) is 8.80. The third kappa shape index (κ3) is 3.08. The van der Waals surface area contributed by atoms with Crippen molar-refractivity contribution in [1.82, 2.24) is 0 Å². The van der Waals surface area contributed by atoms with E-state index in [-0.39, 0.29) is 17.6 Å². The Bertz CT molecular complexity index is 500. The predicted molar refractivity (Wildman–Crippen MR) is 91.6 cm³/mol. The summed E-state index contributed by atoms with van der Waals surface area (Å²) in [4.78, 5) is 12.9. The van der Waals surface area contributed by atoms with E-state index >= 15 is 0 Å². The number of fused-ring (bicyclic) bond motifs is 1. The van der Waals surface area contributed by atoms with Gasteiger partial charge in [0, 0.05) is 11.3 Å². The summed E-state index contributed by atoms with van der Waals surface area (Å²) in [5, 5.41) is 11.3. The van der Waals surface area contributed by atoms with Gasteiger partial charge in [0.25, 0.3) is 0 Å². The van der Waals surface area contributed by atoms with Gasteiger partial charge in [-0.3, -0.25) is 4.79 Å². The summed E-state index contributed by atoms with van der Waals surface area (Å²) in [6.07, 6.45) is 9.57. The van der Waals surface area contributed by atoms with Crippen molar-refractivity contribution in [2.24, 2.45) is 17.3 Å². The van der Waals surface area contributed by atoms with Crippen molar-refractivity contribution in [3.8, 4) is 0 Å². The summed E-state index contributed by atoms with van der Waals surface area (Å²) < 4.78 is 0. The van der Waals surface area contributed by atoms with Crippen molar-refractivity contribution in [3.05, 3.63) is 23.3 Å². The van der Waals surface area contributed by atoms with Crippen LogP contribution < -0.4 is 0 Å². The Morgan fingerprint density at radius 3 is 2.50 bits per heavy atom. The first-order chi connectivity index (χ1) is 10.2. The molecular formula is C20H32O2. The third-order valence-corrected chi connectivity index (χ3v) is 6.22. The van der Waals surface area contributed by atoms with Crippen molar-refractivity contribution >= 4 is 5.78 Å². The molecule has 2 heteroatoms. The Kier molecular flexibility index (Phi) is 5.01. The maximum Gasteiger partial charge on any atom is 0.161 e. The van der Waals surface area contributed by atoms with Gasteiger partial charge in [0.05, 0.1) is 5.60 Å². The van der Waals surface area contributed by atoms with Crippen molar-refractivity contribution in [2.45, 2.75) is 78.7 Å². The van der Waals surface area contributed by atoms with Crippen LogP contribution in [0.4, 0.5) is 0 Å². The lowest BCUT2D eigenvalue weighted by atomic mass is 9.67. The van der Waals surface area contributed by atoms with Crippen LogP contribution in [-0.2, 0) is 4.79 Å². The minimum atomic E-state index is -0.708. The zero-order chi connectivity index (χ0) is 16.5. The topological polar surface area (TPSA) is 37.3 Å². The highest BCUT2D eigenvalue weighted by atomic mass is 16.3. The summed E-state index contributed by atoms with van der Waals surface area (Å²) in [5.74, 6) is 0.468. The van der Waals surface area contributed by atoms with E-state index in [2.05, 4.69) is 40.7 Å². The standard InChI is InChI=1S/C20H32O2/c1-14(2)20(22)12-11-19(5)17(20)10-9-15(3)7-6-8-16(4)13-18(19)21/h7,13-14,17,22H,6,8-12H2,1-5H3/b15-7+,16-13-/t17-,19+,20-/m0/s1. The molecule has 0 saturated heterocycles. The summed E-state index contributed by atoms with van der Waals surface area (Å²) in [6.45, 7) is 10.5. The second-order valence-electron chi connectivity index (χ2n) is 8.10. The smallest absolute Gasteiger partial charge is 0.161 e. The van der Waals surface area contributed by atoms with Crippen LogP contribution in [-0.4, -0.2) is 16.5 Å². The van der Waals surface area contributed by atoms with E-state index in [0.717, 1.165) is 44.1 Å². The Hall–Kier alpha value is -0.890. The molecule has 0 radical (unpaired) electrons. The molecule has 2 aliphatic rings. The van der Waals surface area contributed by atoms with Crippen LogP contribution in [0.15, 0.2) is 23.3 Å². The monoisotopic (exact) mass is 304 g/mol. The van der Waals surface area contributed by atoms with Gasteiger partial charge in [-0.25, -0.2) is 0 Å². The molecule has 2 aliphatic carbocycles. The number of hydrogen-bond acceptors (Lipinski definition) is 2. The normalized spacial score (nSPS) is 42.1. The first-order valence-corrected chi connectivity index (χ1v) is 8.80. The molecule has 22 heavy (non-hydrogen) atoms. The first kappa shape index (κ1) is 17.5. The van der Waals surface area contributed by atoms with Crippen molar-refractivity contribution in [1.29, 1.82) is 0 Å². The maximum atomic E-state index is 12.9. The van der Waals surface area contributed by atoms with Gasteiger partial charge < -0.3 is 5.11 Å². The van der Waals surface area contributed by atoms with Crippen LogP contribution in [0, 0.1) is 17.3 Å². The fourth-order valence-electron chi connectivity index (χ4n) is 4.40. The number of rotatable bonds is 1. The van der Waals surface area contributed by atoms with E-state index < -0.39 is 11.0 Å². The lowest BCUT2D eigenvalue weighted by molar-refractivity contribution is -0.130. The highest BCUT2D eigenvalue weighted by Gasteiger charge is 2.57. The van der Waals surface area contributed by atoms with Crippen LogP contribution in [0.1, 0.15) is 73.1 Å².